The van der Waals surface area contributed by atoms with Crippen LogP contribution in [0.2, 0.25) is 0 Å². The summed E-state index contributed by atoms with van der Waals surface area (Å²) in [7, 11) is 0. The smallest absolute Gasteiger partial charge is 0.227 e. The third-order valence-electron chi connectivity index (χ3n) is 5.28. The maximum Gasteiger partial charge on any atom is 0.227 e. The summed E-state index contributed by atoms with van der Waals surface area (Å²) in [6.07, 6.45) is 6.69. The molecule has 1 saturated heterocycles. The van der Waals surface area contributed by atoms with E-state index in [1.54, 1.807) is 0 Å². The van der Waals surface area contributed by atoms with E-state index in [-0.39, 0.29) is 11.3 Å². The van der Waals surface area contributed by atoms with Gasteiger partial charge in [-0.3, -0.25) is 4.79 Å². The SMILES string of the molecule is CC(C)N1CCC(CNC(=O)C2(CN)CCCCC2)C1. The quantitative estimate of drug-likeness (QED) is 0.807. The summed E-state index contributed by atoms with van der Waals surface area (Å²) in [4.78, 5) is 15.0. The minimum Gasteiger partial charge on any atom is -0.355 e. The second kappa shape index (κ2) is 6.90. The first-order valence-electron chi connectivity index (χ1n) is 8.30. The summed E-state index contributed by atoms with van der Waals surface area (Å²) in [6.45, 7) is 8.10. The van der Waals surface area contributed by atoms with Crippen LogP contribution in [0, 0.1) is 11.3 Å². The molecule has 1 aliphatic heterocycles. The molecule has 0 aromatic heterocycles. The highest BCUT2D eigenvalue weighted by molar-refractivity contribution is 5.83. The molecule has 2 fully saturated rings. The van der Waals surface area contributed by atoms with Crippen LogP contribution < -0.4 is 11.1 Å². The fourth-order valence-electron chi connectivity index (χ4n) is 3.68. The van der Waals surface area contributed by atoms with Crippen molar-refractivity contribution in [2.45, 2.75) is 58.4 Å². The van der Waals surface area contributed by atoms with Crippen LogP contribution in [0.5, 0.6) is 0 Å². The average molecular weight is 281 g/mol. The number of nitrogens with one attached hydrogen (secondary N) is 1. The van der Waals surface area contributed by atoms with Crippen molar-refractivity contribution in [3.05, 3.63) is 0 Å². The van der Waals surface area contributed by atoms with Crippen molar-refractivity contribution in [2.24, 2.45) is 17.1 Å². The lowest BCUT2D eigenvalue weighted by Gasteiger charge is -2.35. The molecule has 1 saturated carbocycles. The Bertz CT molecular complexity index is 324. The number of likely N-dealkylation sites (tertiary alicyclic amines) is 1. The van der Waals surface area contributed by atoms with Gasteiger partial charge >= 0.3 is 0 Å². The van der Waals surface area contributed by atoms with Crippen molar-refractivity contribution >= 4 is 5.91 Å². The number of nitrogens with zero attached hydrogens (tertiary/aromatic N) is 1. The van der Waals surface area contributed by atoms with Crippen molar-refractivity contribution in [1.29, 1.82) is 0 Å². The second-order valence-electron chi connectivity index (χ2n) is 7.00. The Labute approximate surface area is 123 Å². The number of carbonyl (C=O) groups is 1. The van der Waals surface area contributed by atoms with Crippen LogP contribution in [0.3, 0.4) is 0 Å². The van der Waals surface area contributed by atoms with Gasteiger partial charge in [0.15, 0.2) is 0 Å². The van der Waals surface area contributed by atoms with Gasteiger partial charge in [-0.15, -0.1) is 0 Å². The van der Waals surface area contributed by atoms with Crippen molar-refractivity contribution < 1.29 is 4.79 Å². The summed E-state index contributed by atoms with van der Waals surface area (Å²) >= 11 is 0. The number of nitrogens with two attached hydrogens (primary N) is 1. The van der Waals surface area contributed by atoms with E-state index in [2.05, 4.69) is 24.1 Å². The topological polar surface area (TPSA) is 58.4 Å². The molecular formula is C16H31N3O. The van der Waals surface area contributed by atoms with E-state index in [1.807, 2.05) is 0 Å². The Balaban J connectivity index is 1.80. The lowest BCUT2D eigenvalue weighted by molar-refractivity contribution is -0.132. The molecule has 0 aromatic carbocycles. The van der Waals surface area contributed by atoms with Gasteiger partial charge in [0.05, 0.1) is 5.41 Å². The summed E-state index contributed by atoms with van der Waals surface area (Å²) in [6, 6.07) is 0.615. The molecule has 20 heavy (non-hydrogen) atoms. The molecule has 1 unspecified atom stereocenters. The van der Waals surface area contributed by atoms with E-state index in [0.717, 1.165) is 38.8 Å². The molecule has 1 aliphatic carbocycles. The second-order valence-corrected chi connectivity index (χ2v) is 7.00. The molecular weight excluding hydrogens is 250 g/mol. The Kier molecular flexibility index (Phi) is 5.44. The van der Waals surface area contributed by atoms with E-state index in [4.69, 9.17) is 5.73 Å². The predicted molar refractivity (Wildman–Crippen MR) is 82.4 cm³/mol. The highest BCUT2D eigenvalue weighted by Crippen LogP contribution is 2.35. The summed E-state index contributed by atoms with van der Waals surface area (Å²) < 4.78 is 0. The number of amides is 1. The van der Waals surface area contributed by atoms with Gasteiger partial charge < -0.3 is 16.0 Å². The molecule has 2 rings (SSSR count). The minimum atomic E-state index is -0.269. The molecule has 116 valence electrons. The van der Waals surface area contributed by atoms with Gasteiger partial charge in [0.2, 0.25) is 5.91 Å². The zero-order valence-corrected chi connectivity index (χ0v) is 13.2. The minimum absolute atomic E-state index is 0.211. The summed E-state index contributed by atoms with van der Waals surface area (Å²) in [5, 5.41) is 3.20. The van der Waals surface area contributed by atoms with E-state index in [9.17, 15) is 4.79 Å². The Morgan fingerprint density at radius 1 is 1.35 bits per heavy atom. The van der Waals surface area contributed by atoms with Crippen molar-refractivity contribution in [3.63, 3.8) is 0 Å². The number of hydrogen-bond acceptors (Lipinski definition) is 3. The van der Waals surface area contributed by atoms with Crippen molar-refractivity contribution in [3.8, 4) is 0 Å². The first kappa shape index (κ1) is 15.8. The monoisotopic (exact) mass is 281 g/mol. The van der Waals surface area contributed by atoms with Gasteiger partial charge in [0, 0.05) is 25.7 Å². The van der Waals surface area contributed by atoms with Crippen LogP contribution in [0.15, 0.2) is 0 Å². The predicted octanol–water partition coefficient (Wildman–Crippen LogP) is 1.74. The van der Waals surface area contributed by atoms with Crippen LogP contribution >= 0.6 is 0 Å². The van der Waals surface area contributed by atoms with Crippen LogP contribution in [0.4, 0.5) is 0 Å². The van der Waals surface area contributed by atoms with Gasteiger partial charge in [-0.2, -0.15) is 0 Å². The summed E-state index contributed by atoms with van der Waals surface area (Å²) in [5.41, 5.74) is 5.65. The van der Waals surface area contributed by atoms with Crippen LogP contribution in [-0.2, 0) is 4.79 Å². The maximum atomic E-state index is 12.5. The third kappa shape index (κ3) is 3.53. The molecule has 0 bridgehead atoms. The molecule has 2 aliphatic rings. The van der Waals surface area contributed by atoms with Gasteiger partial charge in [-0.1, -0.05) is 19.3 Å². The number of hydrogen-bond donors (Lipinski definition) is 2. The lowest BCUT2D eigenvalue weighted by atomic mass is 9.73. The largest absolute Gasteiger partial charge is 0.355 e. The van der Waals surface area contributed by atoms with Gasteiger partial charge in [-0.05, 0) is 45.6 Å². The maximum absolute atomic E-state index is 12.5. The van der Waals surface area contributed by atoms with E-state index >= 15 is 0 Å². The molecule has 1 heterocycles. The Morgan fingerprint density at radius 2 is 2.05 bits per heavy atom. The number of rotatable bonds is 5. The average Bonchev–Trinajstić information content (AvgIpc) is 2.94. The van der Waals surface area contributed by atoms with Crippen LogP contribution in [0.25, 0.3) is 0 Å². The standard InChI is InChI=1S/C16H31N3O/c1-13(2)19-9-6-14(11-19)10-18-15(20)16(12-17)7-4-3-5-8-16/h13-14H,3-12,17H2,1-2H3,(H,18,20). The van der Waals surface area contributed by atoms with E-state index < -0.39 is 0 Å². The Hall–Kier alpha value is -0.610. The van der Waals surface area contributed by atoms with Crippen molar-refractivity contribution in [1.82, 2.24) is 10.2 Å². The van der Waals surface area contributed by atoms with Crippen molar-refractivity contribution in [2.75, 3.05) is 26.2 Å². The fourth-order valence-corrected chi connectivity index (χ4v) is 3.68. The van der Waals surface area contributed by atoms with E-state index in [0.29, 0.717) is 18.5 Å². The highest BCUT2D eigenvalue weighted by atomic mass is 16.2. The first-order valence-corrected chi connectivity index (χ1v) is 8.30. The lowest BCUT2D eigenvalue weighted by Crippen LogP contribution is -2.48. The van der Waals surface area contributed by atoms with Gasteiger partial charge in [-0.25, -0.2) is 0 Å². The highest BCUT2D eigenvalue weighted by Gasteiger charge is 2.38. The van der Waals surface area contributed by atoms with Gasteiger partial charge in [0.1, 0.15) is 0 Å². The molecule has 1 amide bonds. The number of carbonyl (C=O) groups excluding carboxylic acids is 1. The van der Waals surface area contributed by atoms with Crippen LogP contribution in [0.1, 0.15) is 52.4 Å². The molecule has 0 radical (unpaired) electrons. The molecule has 1 atom stereocenters. The van der Waals surface area contributed by atoms with Gasteiger partial charge in [0.25, 0.3) is 0 Å². The molecule has 3 N–H and O–H groups in total. The first-order chi connectivity index (χ1) is 9.57. The Morgan fingerprint density at radius 3 is 2.60 bits per heavy atom. The summed E-state index contributed by atoms with van der Waals surface area (Å²) in [5.74, 6) is 0.822. The molecule has 4 heteroatoms. The molecule has 0 spiro atoms. The zero-order chi connectivity index (χ0) is 14.6. The fraction of sp³-hybridized carbons (Fsp3) is 0.938. The molecule has 0 aromatic rings. The molecule has 4 nitrogen and oxygen atoms in total. The zero-order valence-electron chi connectivity index (χ0n) is 13.2. The van der Waals surface area contributed by atoms with Crippen LogP contribution in [-0.4, -0.2) is 43.0 Å². The normalized spacial score (nSPS) is 26.9. The van der Waals surface area contributed by atoms with E-state index in [1.165, 1.54) is 19.4 Å². The third-order valence-corrected chi connectivity index (χ3v) is 5.28.